The molecule has 4 heteroatoms. The van der Waals surface area contributed by atoms with Crippen molar-refractivity contribution in [3.8, 4) is 11.5 Å². The van der Waals surface area contributed by atoms with E-state index in [1.165, 1.54) is 11.1 Å². The molecule has 2 nitrogen and oxygen atoms in total. The highest BCUT2D eigenvalue weighted by Gasteiger charge is 2.23. The summed E-state index contributed by atoms with van der Waals surface area (Å²) in [4.78, 5) is 0. The Morgan fingerprint density at radius 2 is 2.05 bits per heavy atom. The number of hydrogen-bond donors (Lipinski definition) is 0. The highest BCUT2D eigenvalue weighted by atomic mass is 79.9. The van der Waals surface area contributed by atoms with E-state index in [9.17, 15) is 0 Å². The Morgan fingerprint density at radius 1 is 1.20 bits per heavy atom. The molecule has 1 aliphatic rings. The Labute approximate surface area is 135 Å². The van der Waals surface area contributed by atoms with Crippen LogP contribution >= 0.6 is 31.9 Å². The molecule has 1 heterocycles. The summed E-state index contributed by atoms with van der Waals surface area (Å²) in [6.07, 6.45) is 1.00. The van der Waals surface area contributed by atoms with E-state index in [0.29, 0.717) is 6.61 Å². The summed E-state index contributed by atoms with van der Waals surface area (Å²) >= 11 is 6.98. The number of hydrogen-bond acceptors (Lipinski definition) is 2. The van der Waals surface area contributed by atoms with Gasteiger partial charge in [-0.3, -0.25) is 0 Å². The summed E-state index contributed by atoms with van der Waals surface area (Å²) in [7, 11) is 0. The number of alkyl halides is 1. The van der Waals surface area contributed by atoms with Gasteiger partial charge in [-0.2, -0.15) is 0 Å². The summed E-state index contributed by atoms with van der Waals surface area (Å²) in [6.45, 7) is 0.556. The Morgan fingerprint density at radius 3 is 2.80 bits per heavy atom. The molecule has 3 rings (SSSR count). The van der Waals surface area contributed by atoms with Gasteiger partial charge in [0.1, 0.15) is 24.2 Å². The number of benzene rings is 2. The van der Waals surface area contributed by atoms with Gasteiger partial charge in [-0.15, -0.1) is 0 Å². The van der Waals surface area contributed by atoms with Crippen LogP contribution in [0.25, 0.3) is 0 Å². The molecule has 0 amide bonds. The van der Waals surface area contributed by atoms with Crippen LogP contribution in [0, 0.1) is 0 Å². The van der Waals surface area contributed by atoms with Gasteiger partial charge in [-0.25, -0.2) is 0 Å². The molecule has 2 aromatic carbocycles. The minimum absolute atomic E-state index is 0.0927. The molecule has 0 aliphatic carbocycles. The van der Waals surface area contributed by atoms with Crippen molar-refractivity contribution in [3.05, 3.63) is 58.1 Å². The Kier molecular flexibility index (Phi) is 4.32. The molecule has 0 N–H and O–H groups in total. The van der Waals surface area contributed by atoms with Crippen LogP contribution in [0.4, 0.5) is 0 Å². The van der Waals surface area contributed by atoms with E-state index < -0.39 is 0 Å². The first-order valence-corrected chi connectivity index (χ1v) is 8.39. The molecule has 0 radical (unpaired) electrons. The fraction of sp³-hybridized carbons (Fsp3) is 0.250. The second-order valence-electron chi connectivity index (χ2n) is 4.76. The lowest BCUT2D eigenvalue weighted by molar-refractivity contribution is 0.148. The third-order valence-corrected chi connectivity index (χ3v) is 4.56. The van der Waals surface area contributed by atoms with Crippen molar-refractivity contribution < 1.29 is 9.47 Å². The first kappa shape index (κ1) is 14.0. The summed E-state index contributed by atoms with van der Waals surface area (Å²) in [5.74, 6) is 1.84. The Hall–Kier alpha value is -1.00. The van der Waals surface area contributed by atoms with E-state index in [2.05, 4.69) is 50.1 Å². The van der Waals surface area contributed by atoms with E-state index in [-0.39, 0.29) is 6.10 Å². The van der Waals surface area contributed by atoms with Crippen LogP contribution < -0.4 is 9.47 Å². The summed E-state index contributed by atoms with van der Waals surface area (Å²) in [5.41, 5.74) is 2.48. The maximum absolute atomic E-state index is 5.87. The number of para-hydroxylation sites is 1. The summed E-state index contributed by atoms with van der Waals surface area (Å²) in [5, 5.41) is 0.840. The van der Waals surface area contributed by atoms with Crippen LogP contribution in [0.15, 0.2) is 46.9 Å². The van der Waals surface area contributed by atoms with Crippen LogP contribution in [0.2, 0.25) is 0 Å². The largest absolute Gasteiger partial charge is 0.489 e. The van der Waals surface area contributed by atoms with Crippen molar-refractivity contribution >= 4 is 31.9 Å². The minimum Gasteiger partial charge on any atom is -0.489 e. The predicted molar refractivity (Wildman–Crippen MR) is 86.8 cm³/mol. The second-order valence-corrected chi connectivity index (χ2v) is 6.18. The molecular weight excluding hydrogens is 384 g/mol. The van der Waals surface area contributed by atoms with Crippen molar-refractivity contribution in [1.29, 1.82) is 0 Å². The fourth-order valence-corrected chi connectivity index (χ4v) is 3.16. The van der Waals surface area contributed by atoms with Gasteiger partial charge < -0.3 is 9.47 Å². The lowest BCUT2D eigenvalue weighted by Gasteiger charge is -2.14. The average molecular weight is 398 g/mol. The zero-order valence-electron chi connectivity index (χ0n) is 10.8. The molecular formula is C16H14Br2O2. The monoisotopic (exact) mass is 396 g/mol. The fourth-order valence-electron chi connectivity index (χ4n) is 2.27. The lowest BCUT2D eigenvalue weighted by Crippen LogP contribution is -2.22. The van der Waals surface area contributed by atoms with Crippen LogP contribution in [0.3, 0.4) is 0 Å². The average Bonchev–Trinajstić information content (AvgIpc) is 2.88. The van der Waals surface area contributed by atoms with Crippen molar-refractivity contribution in [2.24, 2.45) is 0 Å². The summed E-state index contributed by atoms with van der Waals surface area (Å²) < 4.78 is 12.7. The molecule has 20 heavy (non-hydrogen) atoms. The Balaban J connectivity index is 1.61. The number of fused-ring (bicyclic) bond motifs is 1. The van der Waals surface area contributed by atoms with E-state index in [0.717, 1.165) is 27.7 Å². The molecule has 0 aromatic heterocycles. The molecule has 0 saturated carbocycles. The van der Waals surface area contributed by atoms with Gasteiger partial charge in [0.25, 0.3) is 0 Å². The Bertz CT molecular complexity index is 588. The molecule has 1 atom stereocenters. The molecule has 104 valence electrons. The first-order chi connectivity index (χ1) is 9.76. The maximum Gasteiger partial charge on any atom is 0.137 e. The maximum atomic E-state index is 5.87. The topological polar surface area (TPSA) is 18.5 Å². The summed E-state index contributed by atoms with van der Waals surface area (Å²) in [6, 6.07) is 14.3. The van der Waals surface area contributed by atoms with Gasteiger partial charge in [0.15, 0.2) is 0 Å². The minimum atomic E-state index is 0.0927. The van der Waals surface area contributed by atoms with Gasteiger partial charge in [0, 0.05) is 11.8 Å². The van der Waals surface area contributed by atoms with Crippen molar-refractivity contribution in [2.75, 3.05) is 6.61 Å². The first-order valence-electron chi connectivity index (χ1n) is 6.48. The van der Waals surface area contributed by atoms with E-state index >= 15 is 0 Å². The number of ether oxygens (including phenoxy) is 2. The van der Waals surface area contributed by atoms with E-state index in [1.54, 1.807) is 0 Å². The molecule has 0 saturated heterocycles. The highest BCUT2D eigenvalue weighted by Crippen LogP contribution is 2.30. The third-order valence-electron chi connectivity index (χ3n) is 3.29. The smallest absolute Gasteiger partial charge is 0.137 e. The van der Waals surface area contributed by atoms with Crippen LogP contribution in [-0.4, -0.2) is 12.7 Å². The van der Waals surface area contributed by atoms with Crippen LogP contribution in [0.5, 0.6) is 11.5 Å². The van der Waals surface area contributed by atoms with Crippen molar-refractivity contribution in [2.45, 2.75) is 17.9 Å². The zero-order valence-corrected chi connectivity index (χ0v) is 14.0. The molecule has 0 bridgehead atoms. The third kappa shape index (κ3) is 3.01. The van der Waals surface area contributed by atoms with Gasteiger partial charge in [0.2, 0.25) is 0 Å². The lowest BCUT2D eigenvalue weighted by atomic mass is 10.1. The van der Waals surface area contributed by atoms with Crippen molar-refractivity contribution in [1.82, 2.24) is 0 Å². The second kappa shape index (κ2) is 6.19. The van der Waals surface area contributed by atoms with Crippen molar-refractivity contribution in [3.63, 3.8) is 0 Å². The standard InChI is InChI=1S/C16H14Br2O2/c17-9-11-5-6-16(14(18)7-11)19-10-13-8-12-3-1-2-4-15(12)20-13/h1-7,13H,8-10H2. The van der Waals surface area contributed by atoms with Gasteiger partial charge >= 0.3 is 0 Å². The number of halogens is 2. The molecule has 0 spiro atoms. The molecule has 0 fully saturated rings. The van der Waals surface area contributed by atoms with E-state index in [4.69, 9.17) is 9.47 Å². The normalized spacial score (nSPS) is 16.6. The van der Waals surface area contributed by atoms with Gasteiger partial charge in [0.05, 0.1) is 4.47 Å². The predicted octanol–water partition coefficient (Wildman–Crippen LogP) is 4.73. The molecule has 2 aromatic rings. The van der Waals surface area contributed by atoms with E-state index in [1.807, 2.05) is 24.3 Å². The van der Waals surface area contributed by atoms with Crippen LogP contribution in [-0.2, 0) is 11.8 Å². The molecule has 1 aliphatic heterocycles. The highest BCUT2D eigenvalue weighted by molar-refractivity contribution is 9.10. The number of rotatable bonds is 4. The zero-order chi connectivity index (χ0) is 13.9. The quantitative estimate of drug-likeness (QED) is 0.694. The molecule has 1 unspecified atom stereocenters. The van der Waals surface area contributed by atoms with Crippen LogP contribution in [0.1, 0.15) is 11.1 Å². The van der Waals surface area contributed by atoms with Gasteiger partial charge in [-0.05, 0) is 45.3 Å². The van der Waals surface area contributed by atoms with Gasteiger partial charge in [-0.1, -0.05) is 40.2 Å². The SMILES string of the molecule is BrCc1ccc(OCC2Cc3ccccc3O2)c(Br)c1.